The fourth-order valence-electron chi connectivity index (χ4n) is 1.40. The second kappa shape index (κ2) is 5.79. The van der Waals surface area contributed by atoms with Crippen LogP contribution in [0.25, 0.3) is 0 Å². The number of hydrogen-bond acceptors (Lipinski definition) is 5. The molecular formula is C11H14N2O2S. The monoisotopic (exact) mass is 238 g/mol. The molecule has 4 nitrogen and oxygen atoms in total. The molecule has 2 heterocycles. The first-order chi connectivity index (χ1) is 7.88. The Hall–Kier alpha value is -1.17. The predicted molar refractivity (Wildman–Crippen MR) is 62.1 cm³/mol. The highest BCUT2D eigenvalue weighted by Crippen LogP contribution is 2.15. The van der Waals surface area contributed by atoms with E-state index in [1.165, 1.54) is 16.8 Å². The van der Waals surface area contributed by atoms with Crippen molar-refractivity contribution in [2.75, 3.05) is 7.11 Å². The smallest absolute Gasteiger partial charge is 0.180 e. The van der Waals surface area contributed by atoms with E-state index in [9.17, 15) is 0 Å². The van der Waals surface area contributed by atoms with Gasteiger partial charge in [-0.3, -0.25) is 0 Å². The summed E-state index contributed by atoms with van der Waals surface area (Å²) in [5.41, 5.74) is 2.15. The van der Waals surface area contributed by atoms with Crippen LogP contribution in [0.1, 0.15) is 16.1 Å². The molecule has 2 rings (SSSR count). The van der Waals surface area contributed by atoms with E-state index in [4.69, 9.17) is 9.15 Å². The summed E-state index contributed by atoms with van der Waals surface area (Å²) in [5, 5.41) is 5.43. The van der Waals surface area contributed by atoms with Crippen LogP contribution in [0.5, 0.6) is 0 Å². The molecule has 1 N–H and O–H groups in total. The van der Waals surface area contributed by atoms with Gasteiger partial charge in [-0.15, -0.1) is 11.3 Å². The Morgan fingerprint density at radius 3 is 3.19 bits per heavy atom. The Morgan fingerprint density at radius 1 is 1.50 bits per heavy atom. The average molecular weight is 238 g/mol. The third kappa shape index (κ3) is 3.16. The van der Waals surface area contributed by atoms with Gasteiger partial charge in [-0.1, -0.05) is 0 Å². The summed E-state index contributed by atoms with van der Waals surface area (Å²) in [6.45, 7) is 2.26. The van der Waals surface area contributed by atoms with Crippen molar-refractivity contribution in [3.05, 3.63) is 40.2 Å². The summed E-state index contributed by atoms with van der Waals surface area (Å²) in [6.07, 6.45) is 3.09. The normalized spacial score (nSPS) is 10.8. The van der Waals surface area contributed by atoms with Gasteiger partial charge in [0.05, 0.1) is 12.3 Å². The predicted octanol–water partition coefficient (Wildman–Crippen LogP) is 2.17. The number of aromatic nitrogens is 1. The molecule has 0 spiro atoms. The lowest BCUT2D eigenvalue weighted by Crippen LogP contribution is -2.11. The van der Waals surface area contributed by atoms with Crippen molar-refractivity contribution in [1.29, 1.82) is 0 Å². The lowest BCUT2D eigenvalue weighted by atomic mass is 10.3. The molecule has 0 fully saturated rings. The van der Waals surface area contributed by atoms with Gasteiger partial charge in [-0.05, 0) is 17.0 Å². The van der Waals surface area contributed by atoms with Crippen molar-refractivity contribution in [3.8, 4) is 0 Å². The van der Waals surface area contributed by atoms with Gasteiger partial charge >= 0.3 is 0 Å². The van der Waals surface area contributed by atoms with E-state index in [1.807, 2.05) is 0 Å². The van der Waals surface area contributed by atoms with Crippen molar-refractivity contribution in [1.82, 2.24) is 10.3 Å². The van der Waals surface area contributed by atoms with E-state index >= 15 is 0 Å². The van der Waals surface area contributed by atoms with E-state index in [2.05, 4.69) is 21.7 Å². The zero-order valence-electron chi connectivity index (χ0n) is 9.10. The van der Waals surface area contributed by atoms with Crippen LogP contribution >= 0.6 is 11.3 Å². The molecule has 16 heavy (non-hydrogen) atoms. The Morgan fingerprint density at radius 2 is 2.44 bits per heavy atom. The van der Waals surface area contributed by atoms with E-state index in [1.54, 1.807) is 24.7 Å². The van der Waals surface area contributed by atoms with Crippen LogP contribution in [0, 0.1) is 0 Å². The summed E-state index contributed by atoms with van der Waals surface area (Å²) in [5.74, 6) is 0. The largest absolute Gasteiger partial charge is 0.451 e. The first-order valence-electron chi connectivity index (χ1n) is 5.01. The van der Waals surface area contributed by atoms with Crippen LogP contribution in [-0.4, -0.2) is 12.1 Å². The number of thiophene rings is 1. The third-order valence-corrected chi connectivity index (χ3v) is 3.09. The quantitative estimate of drug-likeness (QED) is 0.838. The van der Waals surface area contributed by atoms with Crippen LogP contribution in [0.3, 0.4) is 0 Å². The lowest BCUT2D eigenvalue weighted by Gasteiger charge is -1.98. The minimum atomic E-state index is 0.680. The number of oxazole rings is 1. The van der Waals surface area contributed by atoms with E-state index in [-0.39, 0.29) is 0 Å². The Balaban J connectivity index is 1.76. The van der Waals surface area contributed by atoms with Crippen LogP contribution in [-0.2, 0) is 24.4 Å². The summed E-state index contributed by atoms with van der Waals surface area (Å²) in [7, 11) is 1.71. The van der Waals surface area contributed by atoms with Crippen molar-refractivity contribution in [3.63, 3.8) is 0 Å². The molecule has 0 aliphatic heterocycles. The van der Waals surface area contributed by atoms with Crippen molar-refractivity contribution >= 4 is 11.3 Å². The number of ether oxygens (including phenoxy) is 1. The Labute approximate surface area is 98.3 Å². The molecule has 5 heteroatoms. The van der Waals surface area contributed by atoms with Crippen LogP contribution < -0.4 is 5.32 Å². The maximum absolute atomic E-state index is 5.07. The van der Waals surface area contributed by atoms with Gasteiger partial charge < -0.3 is 14.5 Å². The van der Waals surface area contributed by atoms with Crippen LogP contribution in [0.4, 0.5) is 0 Å². The molecule has 0 saturated carbocycles. The maximum Gasteiger partial charge on any atom is 0.180 e. The maximum atomic E-state index is 5.07. The van der Waals surface area contributed by atoms with Gasteiger partial charge in [0.1, 0.15) is 6.26 Å². The molecule has 2 aromatic heterocycles. The first-order valence-corrected chi connectivity index (χ1v) is 5.89. The van der Waals surface area contributed by atoms with E-state index in [0.717, 1.165) is 18.8 Å². The van der Waals surface area contributed by atoms with E-state index < -0.39 is 0 Å². The molecule has 0 aromatic carbocycles. The molecule has 0 amide bonds. The second-order valence-corrected chi connectivity index (χ2v) is 4.43. The molecule has 2 aromatic rings. The van der Waals surface area contributed by atoms with Crippen LogP contribution in [0.2, 0.25) is 0 Å². The Kier molecular flexibility index (Phi) is 4.10. The van der Waals surface area contributed by atoms with Gasteiger partial charge in [0.2, 0.25) is 0 Å². The van der Waals surface area contributed by atoms with Gasteiger partial charge in [-0.2, -0.15) is 0 Å². The molecule has 0 aliphatic rings. The highest BCUT2D eigenvalue weighted by Gasteiger charge is 2.00. The highest BCUT2D eigenvalue weighted by molar-refractivity contribution is 7.10. The number of hydrogen-bond donors (Lipinski definition) is 1. The first kappa shape index (κ1) is 11.3. The molecule has 0 atom stereocenters. The molecule has 0 saturated heterocycles. The number of methoxy groups -OCH3 is 1. The van der Waals surface area contributed by atoms with Crippen LogP contribution in [0.15, 0.2) is 28.5 Å². The summed E-state index contributed by atoms with van der Waals surface area (Å²) in [6, 6.07) is 2.16. The minimum absolute atomic E-state index is 0.680. The number of rotatable bonds is 6. The molecule has 0 unspecified atom stereocenters. The average Bonchev–Trinajstić information content (AvgIpc) is 2.90. The summed E-state index contributed by atoms with van der Waals surface area (Å²) in [4.78, 5) is 5.34. The standard InChI is InChI=1S/C11H14N2O2S/c1-14-5-9-2-11(16-7-9)4-12-3-10-6-15-8-13-10/h2,6-8,12H,3-5H2,1H3. The number of nitrogens with zero attached hydrogens (tertiary/aromatic N) is 1. The molecule has 86 valence electrons. The van der Waals surface area contributed by atoms with Gasteiger partial charge in [0, 0.05) is 25.1 Å². The summed E-state index contributed by atoms with van der Waals surface area (Å²) >= 11 is 1.74. The fraction of sp³-hybridized carbons (Fsp3) is 0.364. The zero-order chi connectivity index (χ0) is 11.2. The van der Waals surface area contributed by atoms with Gasteiger partial charge in [-0.25, -0.2) is 4.98 Å². The second-order valence-electron chi connectivity index (χ2n) is 3.44. The molecular weight excluding hydrogens is 224 g/mol. The molecule has 0 bridgehead atoms. The SMILES string of the molecule is COCc1csc(CNCc2cocn2)c1. The minimum Gasteiger partial charge on any atom is -0.451 e. The van der Waals surface area contributed by atoms with Crippen molar-refractivity contribution in [2.24, 2.45) is 0 Å². The van der Waals surface area contributed by atoms with Gasteiger partial charge in [0.25, 0.3) is 0 Å². The Bertz CT molecular complexity index is 411. The summed E-state index contributed by atoms with van der Waals surface area (Å²) < 4.78 is 9.96. The van der Waals surface area contributed by atoms with E-state index in [0.29, 0.717) is 6.61 Å². The third-order valence-electron chi connectivity index (χ3n) is 2.11. The fourth-order valence-corrected chi connectivity index (χ4v) is 2.24. The topological polar surface area (TPSA) is 47.3 Å². The van der Waals surface area contributed by atoms with Gasteiger partial charge in [0.15, 0.2) is 6.39 Å². The molecule has 0 aliphatic carbocycles. The zero-order valence-corrected chi connectivity index (χ0v) is 9.92. The number of nitrogens with one attached hydrogen (secondary N) is 1. The highest BCUT2D eigenvalue weighted by atomic mass is 32.1. The van der Waals surface area contributed by atoms with Crippen molar-refractivity contribution in [2.45, 2.75) is 19.7 Å². The molecule has 0 radical (unpaired) electrons. The van der Waals surface area contributed by atoms with Crippen molar-refractivity contribution < 1.29 is 9.15 Å². The lowest BCUT2D eigenvalue weighted by molar-refractivity contribution is 0.185.